The van der Waals surface area contributed by atoms with Crippen LogP contribution in [-0.4, -0.2) is 14.4 Å². The van der Waals surface area contributed by atoms with Gasteiger partial charge in [0.05, 0.1) is 5.41 Å². The van der Waals surface area contributed by atoms with Gasteiger partial charge in [-0.1, -0.05) is 48.5 Å². The minimum Gasteiger partial charge on any atom is -1.00 e. The van der Waals surface area contributed by atoms with Crippen molar-refractivity contribution in [3.63, 3.8) is 0 Å². The largest absolute Gasteiger partial charge is 1.00 e. The van der Waals surface area contributed by atoms with Crippen LogP contribution in [0, 0.1) is 0 Å². The third-order valence-electron chi connectivity index (χ3n) is 1.64. The number of rotatable bonds is 4. The van der Waals surface area contributed by atoms with Gasteiger partial charge in [-0.2, -0.15) is 8.42 Å². The second-order valence-electron chi connectivity index (χ2n) is 2.98. The van der Waals surface area contributed by atoms with Crippen LogP contribution in [0.25, 0.3) is 6.08 Å². The van der Waals surface area contributed by atoms with Gasteiger partial charge in [-0.3, -0.25) is 0 Å². The van der Waals surface area contributed by atoms with Crippen molar-refractivity contribution in [3.05, 3.63) is 52.9 Å². The minimum atomic E-state index is -4.10. The van der Waals surface area contributed by atoms with Gasteiger partial charge in [-0.05, 0) is 11.6 Å². The molecule has 0 aliphatic carbocycles. The van der Waals surface area contributed by atoms with Crippen LogP contribution in [0.2, 0.25) is 0 Å². The molecule has 0 unspecified atom stereocenters. The Morgan fingerprint density at radius 1 is 1.33 bits per heavy atom. The molecule has 1 rings (SSSR count). The standard InChI is InChI=1S/C11H9ClO4S.Na.H/c1-9(12)11(13)16-17(14,15)8-7-10-5-3-2-4-6-10;;/h2-8H,1H2;;/q;+1;-1. The Morgan fingerprint density at radius 3 is 2.39 bits per heavy atom. The van der Waals surface area contributed by atoms with E-state index in [1.54, 1.807) is 30.3 Å². The number of hydrogen-bond donors (Lipinski definition) is 0. The molecule has 92 valence electrons. The molecule has 0 saturated heterocycles. The van der Waals surface area contributed by atoms with Crippen LogP contribution >= 0.6 is 11.6 Å². The van der Waals surface area contributed by atoms with Crippen LogP contribution in [-0.2, 0) is 19.1 Å². The summed E-state index contributed by atoms with van der Waals surface area (Å²) in [6.45, 7) is 3.06. The summed E-state index contributed by atoms with van der Waals surface area (Å²) in [6, 6.07) is 8.70. The summed E-state index contributed by atoms with van der Waals surface area (Å²) in [4.78, 5) is 10.9. The molecule has 18 heavy (non-hydrogen) atoms. The van der Waals surface area contributed by atoms with Crippen molar-refractivity contribution in [1.82, 2.24) is 0 Å². The van der Waals surface area contributed by atoms with Crippen LogP contribution < -0.4 is 29.6 Å². The summed E-state index contributed by atoms with van der Waals surface area (Å²) >= 11 is 5.19. The second-order valence-corrected chi connectivity index (χ2v) is 4.86. The predicted octanol–water partition coefficient (Wildman–Crippen LogP) is -0.601. The number of hydrogen-bond acceptors (Lipinski definition) is 4. The molecule has 0 atom stereocenters. The van der Waals surface area contributed by atoms with Crippen molar-refractivity contribution in [2.75, 3.05) is 0 Å². The molecule has 0 bridgehead atoms. The fourth-order valence-corrected chi connectivity index (χ4v) is 1.68. The molecule has 0 N–H and O–H groups in total. The van der Waals surface area contributed by atoms with E-state index in [1.807, 2.05) is 0 Å². The van der Waals surface area contributed by atoms with Crippen molar-refractivity contribution in [1.29, 1.82) is 0 Å². The fourth-order valence-electron chi connectivity index (χ4n) is 0.905. The van der Waals surface area contributed by atoms with E-state index in [0.717, 1.165) is 5.41 Å². The number of carbonyl (C=O) groups is 1. The molecule has 0 heterocycles. The maximum atomic E-state index is 11.3. The van der Waals surface area contributed by atoms with Crippen LogP contribution in [0.1, 0.15) is 6.99 Å². The van der Waals surface area contributed by atoms with Gasteiger partial charge in [0.1, 0.15) is 5.03 Å². The van der Waals surface area contributed by atoms with Crippen LogP contribution in [0.5, 0.6) is 0 Å². The molecule has 0 radical (unpaired) electrons. The first-order chi connectivity index (χ1) is 7.91. The summed E-state index contributed by atoms with van der Waals surface area (Å²) in [5.41, 5.74) is 0.664. The number of halogens is 1. The molecule has 0 aliphatic heterocycles. The van der Waals surface area contributed by atoms with Gasteiger partial charge in [0, 0.05) is 0 Å². The van der Waals surface area contributed by atoms with E-state index in [9.17, 15) is 13.2 Å². The zero-order chi connectivity index (χ0) is 12.9. The molecule has 0 aromatic heterocycles. The number of benzene rings is 1. The van der Waals surface area contributed by atoms with Crippen molar-refractivity contribution >= 4 is 33.8 Å². The third kappa shape index (κ3) is 6.37. The Kier molecular flexibility index (Phi) is 7.51. The van der Waals surface area contributed by atoms with E-state index in [1.165, 1.54) is 6.08 Å². The van der Waals surface area contributed by atoms with Crippen molar-refractivity contribution < 1.29 is 48.4 Å². The van der Waals surface area contributed by atoms with E-state index < -0.39 is 21.1 Å². The molecule has 0 saturated carbocycles. The first-order valence-electron chi connectivity index (χ1n) is 4.47. The zero-order valence-electron chi connectivity index (χ0n) is 10.7. The molecule has 1 aromatic carbocycles. The molecule has 0 aliphatic rings. The quantitative estimate of drug-likeness (QED) is 0.423. The summed E-state index contributed by atoms with van der Waals surface area (Å²) in [7, 11) is -4.10. The van der Waals surface area contributed by atoms with Gasteiger partial charge < -0.3 is 5.61 Å². The van der Waals surface area contributed by atoms with Crippen molar-refractivity contribution in [2.45, 2.75) is 0 Å². The van der Waals surface area contributed by atoms with Gasteiger partial charge in [0.25, 0.3) is 0 Å². The molecule has 0 fully saturated rings. The van der Waals surface area contributed by atoms with Gasteiger partial charge in [0.15, 0.2) is 0 Å². The zero-order valence-corrected chi connectivity index (χ0v) is 13.2. The predicted molar refractivity (Wildman–Crippen MR) is 66.6 cm³/mol. The van der Waals surface area contributed by atoms with Crippen LogP contribution in [0.15, 0.2) is 47.4 Å². The Bertz CT molecular complexity index is 557. The van der Waals surface area contributed by atoms with Crippen molar-refractivity contribution in [3.8, 4) is 0 Å². The monoisotopic (exact) mass is 296 g/mol. The van der Waals surface area contributed by atoms with Crippen LogP contribution in [0.3, 0.4) is 0 Å². The summed E-state index contributed by atoms with van der Waals surface area (Å²) in [5.74, 6) is -1.19. The average molecular weight is 297 g/mol. The fraction of sp³-hybridized carbons (Fsp3) is 0. The van der Waals surface area contributed by atoms with E-state index in [4.69, 9.17) is 11.6 Å². The Balaban J connectivity index is 0. The van der Waals surface area contributed by atoms with Crippen LogP contribution in [0.4, 0.5) is 0 Å². The molecular weight excluding hydrogens is 287 g/mol. The second kappa shape index (κ2) is 7.76. The number of carbonyl (C=O) groups excluding carboxylic acids is 1. The maximum absolute atomic E-state index is 11.3. The third-order valence-corrected chi connectivity index (χ3v) is 2.65. The molecule has 1 aromatic rings. The van der Waals surface area contributed by atoms with Gasteiger partial charge in [-0.15, -0.1) is 0 Å². The van der Waals surface area contributed by atoms with E-state index in [0.29, 0.717) is 5.56 Å². The Morgan fingerprint density at radius 2 is 1.89 bits per heavy atom. The van der Waals surface area contributed by atoms with Gasteiger partial charge in [0.2, 0.25) is 0 Å². The first-order valence-corrected chi connectivity index (χ1v) is 6.32. The van der Waals surface area contributed by atoms with Gasteiger partial charge >= 0.3 is 45.6 Å². The topological polar surface area (TPSA) is 60.4 Å². The molecule has 4 nitrogen and oxygen atoms in total. The summed E-state index contributed by atoms with van der Waals surface area (Å²) in [6.07, 6.45) is 1.31. The normalized spacial score (nSPS) is 10.7. The van der Waals surface area contributed by atoms with Crippen molar-refractivity contribution in [2.24, 2.45) is 0 Å². The Hall–Kier alpha value is -0.590. The van der Waals surface area contributed by atoms with Gasteiger partial charge in [-0.25, -0.2) is 4.79 Å². The smallest absolute Gasteiger partial charge is 1.00 e. The SMILES string of the molecule is C=C(Cl)C(=O)OS(=O)(=O)C=Cc1ccccc1.[H-].[Na+]. The van der Waals surface area contributed by atoms with E-state index >= 15 is 0 Å². The maximum Gasteiger partial charge on any atom is 1.00 e. The summed E-state index contributed by atoms with van der Waals surface area (Å²) < 4.78 is 26.7. The molecule has 7 heteroatoms. The Labute approximate surface area is 134 Å². The molecular formula is C11H10ClNaO4S. The molecule has 0 amide bonds. The van der Waals surface area contributed by atoms with E-state index in [2.05, 4.69) is 10.8 Å². The first kappa shape index (κ1) is 17.4. The summed E-state index contributed by atoms with van der Waals surface area (Å²) in [5, 5.41) is 0.279. The molecule has 0 spiro atoms. The van der Waals surface area contributed by atoms with E-state index in [-0.39, 0.29) is 31.0 Å². The average Bonchev–Trinajstić information content (AvgIpc) is 2.27. The minimum absolute atomic E-state index is 0.